The van der Waals surface area contributed by atoms with Crippen LogP contribution in [0.2, 0.25) is 5.02 Å². The van der Waals surface area contributed by atoms with Crippen LogP contribution < -0.4 is 5.32 Å². The van der Waals surface area contributed by atoms with Gasteiger partial charge in [-0.1, -0.05) is 23.7 Å². The van der Waals surface area contributed by atoms with E-state index in [0.29, 0.717) is 10.7 Å². The van der Waals surface area contributed by atoms with E-state index in [9.17, 15) is 9.18 Å². The molecule has 0 unspecified atom stereocenters. The molecule has 3 nitrogen and oxygen atoms in total. The lowest BCUT2D eigenvalue weighted by atomic mass is 10.2. The highest BCUT2D eigenvalue weighted by Gasteiger charge is 2.12. The topological polar surface area (TPSA) is 42.0 Å². The minimum atomic E-state index is -0.808. The molecular weight excluding hydrogens is 243 g/mol. The van der Waals surface area contributed by atoms with Crippen molar-refractivity contribution in [2.24, 2.45) is 0 Å². The van der Waals surface area contributed by atoms with Gasteiger partial charge in [0, 0.05) is 6.20 Å². The summed E-state index contributed by atoms with van der Waals surface area (Å²) in [5, 5.41) is 2.91. The molecule has 0 aliphatic carbocycles. The number of aromatic nitrogens is 1. The molecule has 1 heterocycles. The summed E-state index contributed by atoms with van der Waals surface area (Å²) in [6.07, 6.45) is 1.28. The van der Waals surface area contributed by atoms with E-state index < -0.39 is 11.9 Å². The monoisotopic (exact) mass is 250 g/mol. The van der Waals surface area contributed by atoms with Gasteiger partial charge in [0.05, 0.1) is 16.3 Å². The van der Waals surface area contributed by atoms with Crippen molar-refractivity contribution in [3.8, 4) is 0 Å². The molecule has 0 spiro atoms. The lowest BCUT2D eigenvalue weighted by Crippen LogP contribution is -2.14. The van der Waals surface area contributed by atoms with Crippen LogP contribution in [0.5, 0.6) is 0 Å². The van der Waals surface area contributed by atoms with Crippen LogP contribution in [-0.4, -0.2) is 10.9 Å². The second-order valence-electron chi connectivity index (χ2n) is 3.28. The van der Waals surface area contributed by atoms with Crippen LogP contribution in [-0.2, 0) is 0 Å². The number of hydrogen-bond acceptors (Lipinski definition) is 2. The van der Waals surface area contributed by atoms with Crippen molar-refractivity contribution >= 4 is 23.2 Å². The van der Waals surface area contributed by atoms with Gasteiger partial charge in [-0.2, -0.15) is 4.39 Å². The number of carbonyl (C=O) groups is 1. The number of benzene rings is 1. The first-order valence-corrected chi connectivity index (χ1v) is 5.22. The van der Waals surface area contributed by atoms with Gasteiger partial charge in [-0.3, -0.25) is 4.79 Å². The Labute approximate surface area is 102 Å². The summed E-state index contributed by atoms with van der Waals surface area (Å²) in [7, 11) is 0. The van der Waals surface area contributed by atoms with Crippen molar-refractivity contribution < 1.29 is 9.18 Å². The first-order chi connectivity index (χ1) is 8.18. The van der Waals surface area contributed by atoms with Crippen LogP contribution in [0.1, 0.15) is 10.4 Å². The number of para-hydroxylation sites is 1. The molecule has 17 heavy (non-hydrogen) atoms. The molecule has 1 amide bonds. The van der Waals surface area contributed by atoms with E-state index in [1.54, 1.807) is 24.3 Å². The molecule has 1 N–H and O–H groups in total. The second kappa shape index (κ2) is 4.93. The molecule has 5 heteroatoms. The van der Waals surface area contributed by atoms with E-state index in [2.05, 4.69) is 10.3 Å². The van der Waals surface area contributed by atoms with Crippen LogP contribution in [0.15, 0.2) is 42.6 Å². The molecule has 0 radical (unpaired) electrons. The average molecular weight is 251 g/mol. The van der Waals surface area contributed by atoms with E-state index in [4.69, 9.17) is 11.6 Å². The zero-order valence-corrected chi connectivity index (χ0v) is 9.41. The largest absolute Gasteiger partial charge is 0.320 e. The number of nitrogens with one attached hydrogen (secondary N) is 1. The van der Waals surface area contributed by atoms with Gasteiger partial charge in [0.15, 0.2) is 0 Å². The standard InChI is InChI=1S/C12H8ClFN2O/c13-9-5-1-2-6-10(9)16-12(17)8-4-3-7-15-11(8)14/h1-7H,(H,16,17). The molecule has 0 atom stereocenters. The van der Waals surface area contributed by atoms with Crippen molar-refractivity contribution in [3.63, 3.8) is 0 Å². The molecule has 2 aromatic rings. The number of rotatable bonds is 2. The van der Waals surface area contributed by atoms with E-state index in [-0.39, 0.29) is 5.56 Å². The van der Waals surface area contributed by atoms with Gasteiger partial charge in [0.25, 0.3) is 5.91 Å². The summed E-state index contributed by atoms with van der Waals surface area (Å²) >= 11 is 5.87. The van der Waals surface area contributed by atoms with Crippen LogP contribution in [0, 0.1) is 5.95 Å². The summed E-state index contributed by atoms with van der Waals surface area (Å²) in [5.74, 6) is -1.39. The maximum Gasteiger partial charge on any atom is 0.260 e. The number of hydrogen-bond donors (Lipinski definition) is 1. The smallest absolute Gasteiger partial charge is 0.260 e. The molecule has 86 valence electrons. The summed E-state index contributed by atoms with van der Waals surface area (Å²) in [6, 6.07) is 9.58. The van der Waals surface area contributed by atoms with Crippen molar-refractivity contribution in [2.45, 2.75) is 0 Å². The quantitative estimate of drug-likeness (QED) is 0.832. The molecule has 1 aromatic carbocycles. The Hall–Kier alpha value is -1.94. The summed E-state index contributed by atoms with van der Waals surface area (Å²) in [4.78, 5) is 15.1. The normalized spacial score (nSPS) is 10.0. The fraction of sp³-hybridized carbons (Fsp3) is 0. The predicted molar refractivity (Wildman–Crippen MR) is 63.6 cm³/mol. The van der Waals surface area contributed by atoms with E-state index in [1.807, 2.05) is 0 Å². The SMILES string of the molecule is O=C(Nc1ccccc1Cl)c1cccnc1F. The zero-order chi connectivity index (χ0) is 12.3. The molecule has 1 aromatic heterocycles. The molecule has 0 aliphatic heterocycles. The first kappa shape index (κ1) is 11.5. The second-order valence-corrected chi connectivity index (χ2v) is 3.68. The third-order valence-corrected chi connectivity index (χ3v) is 2.46. The minimum Gasteiger partial charge on any atom is -0.320 e. The highest BCUT2D eigenvalue weighted by Crippen LogP contribution is 2.21. The van der Waals surface area contributed by atoms with Crippen LogP contribution in [0.4, 0.5) is 10.1 Å². The maximum absolute atomic E-state index is 13.2. The van der Waals surface area contributed by atoms with Crippen LogP contribution in [0.25, 0.3) is 0 Å². The third-order valence-electron chi connectivity index (χ3n) is 2.13. The van der Waals surface area contributed by atoms with Crippen molar-refractivity contribution in [1.82, 2.24) is 4.98 Å². The number of nitrogens with zero attached hydrogens (tertiary/aromatic N) is 1. The van der Waals surface area contributed by atoms with E-state index >= 15 is 0 Å². The van der Waals surface area contributed by atoms with Gasteiger partial charge in [0.2, 0.25) is 5.95 Å². The first-order valence-electron chi connectivity index (χ1n) is 4.85. The lowest BCUT2D eigenvalue weighted by molar-refractivity contribution is 0.102. The highest BCUT2D eigenvalue weighted by atomic mass is 35.5. The van der Waals surface area contributed by atoms with Gasteiger partial charge in [-0.25, -0.2) is 4.98 Å². The maximum atomic E-state index is 13.2. The van der Waals surface area contributed by atoms with Gasteiger partial charge in [-0.05, 0) is 24.3 Å². The molecule has 0 aliphatic rings. The van der Waals surface area contributed by atoms with Crippen LogP contribution >= 0.6 is 11.6 Å². The number of pyridine rings is 1. The van der Waals surface area contributed by atoms with Crippen molar-refractivity contribution in [2.75, 3.05) is 5.32 Å². The molecular formula is C12H8ClFN2O. The van der Waals surface area contributed by atoms with Gasteiger partial charge in [-0.15, -0.1) is 0 Å². The molecule has 0 saturated carbocycles. The summed E-state index contributed by atoms with van der Waals surface area (Å²) < 4.78 is 13.2. The van der Waals surface area contributed by atoms with Crippen molar-refractivity contribution in [3.05, 3.63) is 59.1 Å². The zero-order valence-electron chi connectivity index (χ0n) is 8.65. The van der Waals surface area contributed by atoms with Crippen LogP contribution in [0.3, 0.4) is 0 Å². The Morgan fingerprint density at radius 2 is 2.00 bits per heavy atom. The van der Waals surface area contributed by atoms with E-state index in [1.165, 1.54) is 18.3 Å². The van der Waals surface area contributed by atoms with Gasteiger partial charge in [0.1, 0.15) is 0 Å². The minimum absolute atomic E-state index is 0.118. The van der Waals surface area contributed by atoms with Gasteiger partial charge >= 0.3 is 0 Å². The Morgan fingerprint density at radius 3 is 2.71 bits per heavy atom. The van der Waals surface area contributed by atoms with Crippen molar-refractivity contribution in [1.29, 1.82) is 0 Å². The van der Waals surface area contributed by atoms with Gasteiger partial charge < -0.3 is 5.32 Å². The summed E-state index contributed by atoms with van der Waals surface area (Å²) in [5.41, 5.74) is 0.315. The number of carbonyl (C=O) groups excluding carboxylic acids is 1. The Balaban J connectivity index is 2.24. The number of amides is 1. The fourth-order valence-electron chi connectivity index (χ4n) is 1.31. The number of anilines is 1. The third kappa shape index (κ3) is 2.60. The molecule has 0 bridgehead atoms. The Morgan fingerprint density at radius 1 is 1.24 bits per heavy atom. The Kier molecular flexibility index (Phi) is 3.35. The highest BCUT2D eigenvalue weighted by molar-refractivity contribution is 6.33. The predicted octanol–water partition coefficient (Wildman–Crippen LogP) is 3.13. The molecule has 0 saturated heterocycles. The lowest BCUT2D eigenvalue weighted by Gasteiger charge is -2.06. The fourth-order valence-corrected chi connectivity index (χ4v) is 1.49. The molecule has 2 rings (SSSR count). The Bertz CT molecular complexity index is 560. The molecule has 0 fully saturated rings. The number of halogens is 2. The summed E-state index contributed by atoms with van der Waals surface area (Å²) in [6.45, 7) is 0. The van der Waals surface area contributed by atoms with E-state index in [0.717, 1.165) is 0 Å². The average Bonchev–Trinajstić information content (AvgIpc) is 2.32.